The molecule has 13 rings (SSSR count). The molecule has 5 nitrogen and oxygen atoms in total. The first-order chi connectivity index (χ1) is 31.2. The maximum atomic E-state index is 6.05. The normalized spacial score (nSPS) is 11.8. The first-order valence-corrected chi connectivity index (χ1v) is 21.3. The Balaban J connectivity index is 0.915. The number of pyridine rings is 2. The van der Waals surface area contributed by atoms with E-state index in [1.165, 1.54) is 38.2 Å². The van der Waals surface area contributed by atoms with Crippen LogP contribution in [-0.2, 0) is 0 Å². The molecule has 0 aliphatic heterocycles. The fraction of sp³-hybridized carbons (Fsp3) is 0. The fourth-order valence-corrected chi connectivity index (χ4v) is 9.58. The third-order valence-corrected chi connectivity index (χ3v) is 12.6. The number of rotatable bonds is 6. The van der Waals surface area contributed by atoms with E-state index in [1.807, 2.05) is 24.4 Å². The number of fused-ring (bicyclic) bond motifs is 9. The number of benzene rings is 8. The highest BCUT2D eigenvalue weighted by molar-refractivity contribution is 6.13. The molecular weight excluding hydrogens is 769 g/mol. The molecule has 5 aromatic heterocycles. The maximum Gasteiger partial charge on any atom is 0.153 e. The predicted octanol–water partition coefficient (Wildman–Crippen LogP) is 15.2. The fourth-order valence-electron chi connectivity index (χ4n) is 9.58. The van der Waals surface area contributed by atoms with Crippen LogP contribution in [0, 0.1) is 0 Å². The number of nitrogens with zero attached hydrogens (tertiary/aromatic N) is 4. The number of hydrogen-bond donors (Lipinski definition) is 0. The minimum atomic E-state index is 0.799. The molecule has 0 aliphatic carbocycles. The summed E-state index contributed by atoms with van der Waals surface area (Å²) in [4.78, 5) is 10.1. The monoisotopic (exact) mass is 804 g/mol. The largest absolute Gasteiger partial charge is 0.454 e. The van der Waals surface area contributed by atoms with Crippen LogP contribution in [0.15, 0.2) is 223 Å². The molecule has 0 fully saturated rings. The molecule has 0 unspecified atom stereocenters. The van der Waals surface area contributed by atoms with E-state index in [0.717, 1.165) is 83.6 Å². The van der Waals surface area contributed by atoms with Crippen molar-refractivity contribution in [2.45, 2.75) is 0 Å². The van der Waals surface area contributed by atoms with Crippen LogP contribution in [0.2, 0.25) is 0 Å². The molecule has 0 saturated heterocycles. The summed E-state index contributed by atoms with van der Waals surface area (Å²) in [7, 11) is 0. The Morgan fingerprint density at radius 1 is 0.317 bits per heavy atom. The lowest BCUT2D eigenvalue weighted by Crippen LogP contribution is -2.00. The molecule has 0 aliphatic rings. The van der Waals surface area contributed by atoms with Gasteiger partial charge >= 0.3 is 0 Å². The molecule has 8 aromatic carbocycles. The van der Waals surface area contributed by atoms with Crippen LogP contribution in [0.5, 0.6) is 0 Å². The van der Waals surface area contributed by atoms with Crippen molar-refractivity contribution < 1.29 is 4.42 Å². The lowest BCUT2D eigenvalue weighted by atomic mass is 10.0. The second kappa shape index (κ2) is 14.0. The lowest BCUT2D eigenvalue weighted by Gasteiger charge is -2.13. The zero-order valence-corrected chi connectivity index (χ0v) is 34.0. The minimum absolute atomic E-state index is 0.799. The van der Waals surface area contributed by atoms with Crippen LogP contribution in [-0.4, -0.2) is 19.1 Å². The molecule has 0 amide bonds. The number of furan rings is 1. The van der Waals surface area contributed by atoms with Crippen LogP contribution in [0.3, 0.4) is 0 Å². The molecule has 0 saturated carbocycles. The average molecular weight is 805 g/mol. The first kappa shape index (κ1) is 35.2. The van der Waals surface area contributed by atoms with Crippen molar-refractivity contribution in [3.63, 3.8) is 0 Å². The van der Waals surface area contributed by atoms with E-state index in [9.17, 15) is 0 Å². The van der Waals surface area contributed by atoms with Crippen molar-refractivity contribution >= 4 is 65.6 Å². The van der Waals surface area contributed by atoms with Gasteiger partial charge in [0, 0.05) is 49.1 Å². The summed E-state index contributed by atoms with van der Waals surface area (Å²) in [5, 5.41) is 6.98. The minimum Gasteiger partial charge on any atom is -0.454 e. The van der Waals surface area contributed by atoms with E-state index in [2.05, 4.69) is 203 Å². The molecule has 0 bridgehead atoms. The smallest absolute Gasteiger partial charge is 0.153 e. The highest BCUT2D eigenvalue weighted by Crippen LogP contribution is 2.40. The number of aromatic nitrogens is 4. The Labute approximate surface area is 362 Å². The van der Waals surface area contributed by atoms with Gasteiger partial charge in [-0.15, -0.1) is 0 Å². The van der Waals surface area contributed by atoms with Gasteiger partial charge in [0.1, 0.15) is 11.4 Å². The van der Waals surface area contributed by atoms with Crippen molar-refractivity contribution in [3.05, 3.63) is 219 Å². The van der Waals surface area contributed by atoms with Gasteiger partial charge in [0.15, 0.2) is 5.58 Å². The Morgan fingerprint density at radius 2 is 0.857 bits per heavy atom. The van der Waals surface area contributed by atoms with E-state index >= 15 is 0 Å². The number of hydrogen-bond acceptors (Lipinski definition) is 3. The molecule has 0 N–H and O–H groups in total. The molecule has 63 heavy (non-hydrogen) atoms. The Kier molecular flexibility index (Phi) is 7.84. The molecular formula is C58H36N4O. The highest BCUT2D eigenvalue weighted by Gasteiger charge is 2.18. The highest BCUT2D eigenvalue weighted by atomic mass is 16.3. The van der Waals surface area contributed by atoms with Gasteiger partial charge in [-0.05, 0) is 95.1 Å². The third-order valence-electron chi connectivity index (χ3n) is 12.6. The second-order valence-corrected chi connectivity index (χ2v) is 16.2. The van der Waals surface area contributed by atoms with E-state index in [0.29, 0.717) is 0 Å². The summed E-state index contributed by atoms with van der Waals surface area (Å²) in [6, 6.07) is 75.6. The molecule has 5 heteroatoms. The molecule has 13 aromatic rings. The average Bonchev–Trinajstić information content (AvgIpc) is 4.01. The molecule has 0 atom stereocenters. The van der Waals surface area contributed by atoms with Gasteiger partial charge in [-0.1, -0.05) is 140 Å². The van der Waals surface area contributed by atoms with Crippen molar-refractivity contribution in [2.75, 3.05) is 0 Å². The molecule has 0 spiro atoms. The van der Waals surface area contributed by atoms with Crippen LogP contribution >= 0.6 is 0 Å². The van der Waals surface area contributed by atoms with Gasteiger partial charge < -0.3 is 8.98 Å². The zero-order chi connectivity index (χ0) is 41.4. The molecule has 0 radical (unpaired) electrons. The molecule has 294 valence electrons. The molecule has 5 heterocycles. The zero-order valence-electron chi connectivity index (χ0n) is 34.0. The summed E-state index contributed by atoms with van der Waals surface area (Å²) in [6.07, 6.45) is 1.84. The van der Waals surface area contributed by atoms with Crippen molar-refractivity contribution in [1.29, 1.82) is 0 Å². The van der Waals surface area contributed by atoms with Crippen LogP contribution in [0.1, 0.15) is 0 Å². The van der Waals surface area contributed by atoms with Crippen molar-refractivity contribution in [3.8, 4) is 56.3 Å². The standard InChI is InChI=1S/C58H36N4O/c1-3-13-37(14-4-1)42-33-51(38-15-5-2-6-16-38)60-58(34-42)62-53-21-11-8-18-45(53)48-32-41(26-30-55(48)62)40-25-29-54-47(31-40)44-17-7-10-20-52(44)61(54)43-27-23-39(24-28-43)50-35-49-46-19-9-12-22-56(46)63-57(49)36-59-50/h1-36H. The SMILES string of the molecule is c1ccc(-c2cc(-c3ccccc3)nc(-n3c4ccccc4c4cc(-c5ccc6c(c5)c5ccccc5n6-c5ccc(-c6cc7c(cn6)oc6ccccc67)cc5)ccc43)c2)cc1. The topological polar surface area (TPSA) is 48.8 Å². The van der Waals surface area contributed by atoms with Crippen molar-refractivity contribution in [1.82, 2.24) is 19.1 Å². The summed E-state index contributed by atoms with van der Waals surface area (Å²) in [6.45, 7) is 0. The van der Waals surface area contributed by atoms with Gasteiger partial charge in [-0.25, -0.2) is 4.98 Å². The summed E-state index contributed by atoms with van der Waals surface area (Å²) in [5.74, 6) is 0.889. The predicted molar refractivity (Wildman–Crippen MR) is 260 cm³/mol. The summed E-state index contributed by atoms with van der Waals surface area (Å²) < 4.78 is 10.7. The van der Waals surface area contributed by atoms with Crippen molar-refractivity contribution in [2.24, 2.45) is 0 Å². The van der Waals surface area contributed by atoms with Crippen LogP contribution in [0.4, 0.5) is 0 Å². The summed E-state index contributed by atoms with van der Waals surface area (Å²) >= 11 is 0. The first-order valence-electron chi connectivity index (χ1n) is 21.3. The van der Waals surface area contributed by atoms with Gasteiger partial charge in [-0.2, -0.15) is 0 Å². The Bertz CT molecular complexity index is 3840. The second-order valence-electron chi connectivity index (χ2n) is 16.2. The summed E-state index contributed by atoms with van der Waals surface area (Å²) in [5.41, 5.74) is 16.0. The van der Waals surface area contributed by atoms with Crippen LogP contribution < -0.4 is 0 Å². The third kappa shape index (κ3) is 5.71. The number of para-hydroxylation sites is 3. The van der Waals surface area contributed by atoms with Gasteiger partial charge in [-0.3, -0.25) is 9.55 Å². The van der Waals surface area contributed by atoms with Crippen LogP contribution in [0.25, 0.3) is 122 Å². The maximum absolute atomic E-state index is 6.05. The lowest BCUT2D eigenvalue weighted by molar-refractivity contribution is 0.667. The van der Waals surface area contributed by atoms with E-state index in [-0.39, 0.29) is 0 Å². The Morgan fingerprint density at radius 3 is 1.56 bits per heavy atom. The quantitative estimate of drug-likeness (QED) is 0.168. The van der Waals surface area contributed by atoms with Gasteiger partial charge in [0.25, 0.3) is 0 Å². The van der Waals surface area contributed by atoms with E-state index in [4.69, 9.17) is 14.4 Å². The van der Waals surface area contributed by atoms with Gasteiger partial charge in [0.05, 0.1) is 39.7 Å². The van der Waals surface area contributed by atoms with E-state index in [1.54, 1.807) is 0 Å². The van der Waals surface area contributed by atoms with E-state index < -0.39 is 0 Å². The van der Waals surface area contributed by atoms with Gasteiger partial charge in [0.2, 0.25) is 0 Å². The Hall–Kier alpha value is -8.54.